The highest BCUT2D eigenvalue weighted by molar-refractivity contribution is 5.97. The van der Waals surface area contributed by atoms with Crippen molar-refractivity contribution in [3.8, 4) is 11.8 Å². The maximum absolute atomic E-state index is 13.5. The minimum Gasteiger partial charge on any atom is -0.384 e. The lowest BCUT2D eigenvalue weighted by molar-refractivity contribution is -0.0764. The molecule has 5 heteroatoms. The summed E-state index contributed by atoms with van der Waals surface area (Å²) in [5.74, 6) is 4.42. The van der Waals surface area contributed by atoms with Gasteiger partial charge in [-0.2, -0.15) is 0 Å². The highest BCUT2D eigenvalue weighted by atomic mass is 19.1. The molecule has 1 amide bonds. The van der Waals surface area contributed by atoms with Gasteiger partial charge in [0.25, 0.3) is 5.91 Å². The normalized spacial score (nSPS) is 17.0. The van der Waals surface area contributed by atoms with Gasteiger partial charge in [-0.15, -0.1) is 0 Å². The number of hydrogen-bond donors (Lipinski definition) is 1. The molecular formula is C16H18FNO3. The Labute approximate surface area is 123 Å². The Bertz CT molecular complexity index is 601. The van der Waals surface area contributed by atoms with E-state index in [0.29, 0.717) is 25.3 Å². The number of rotatable bonds is 1. The van der Waals surface area contributed by atoms with Crippen molar-refractivity contribution in [2.75, 3.05) is 26.3 Å². The van der Waals surface area contributed by atoms with Crippen LogP contribution in [0.2, 0.25) is 0 Å². The summed E-state index contributed by atoms with van der Waals surface area (Å²) in [4.78, 5) is 14.2. The van der Waals surface area contributed by atoms with E-state index in [-0.39, 0.29) is 18.1 Å². The Morgan fingerprint density at radius 1 is 1.52 bits per heavy atom. The number of carbonyl (C=O) groups excluding carboxylic acids is 1. The molecule has 1 aromatic carbocycles. The van der Waals surface area contributed by atoms with Crippen molar-refractivity contribution in [1.29, 1.82) is 0 Å². The molecule has 1 aliphatic rings. The fraction of sp³-hybridized carbons (Fsp3) is 0.438. The zero-order valence-electron chi connectivity index (χ0n) is 12.1. The number of ether oxygens (including phenoxy) is 1. The van der Waals surface area contributed by atoms with Crippen LogP contribution in [0.25, 0.3) is 0 Å². The number of benzene rings is 1. The smallest absolute Gasteiger partial charge is 0.255 e. The predicted molar refractivity (Wildman–Crippen MR) is 76.3 cm³/mol. The van der Waals surface area contributed by atoms with Gasteiger partial charge >= 0.3 is 0 Å². The van der Waals surface area contributed by atoms with Crippen LogP contribution in [-0.4, -0.2) is 47.8 Å². The Hall–Kier alpha value is -1.90. The number of amides is 1. The molecule has 0 bridgehead atoms. The van der Waals surface area contributed by atoms with Gasteiger partial charge in [0.15, 0.2) is 0 Å². The van der Waals surface area contributed by atoms with Gasteiger partial charge < -0.3 is 14.7 Å². The third-order valence-corrected chi connectivity index (χ3v) is 3.23. The van der Waals surface area contributed by atoms with Crippen molar-refractivity contribution in [1.82, 2.24) is 4.90 Å². The van der Waals surface area contributed by atoms with Gasteiger partial charge in [-0.1, -0.05) is 11.8 Å². The zero-order valence-corrected chi connectivity index (χ0v) is 12.1. The second-order valence-electron chi connectivity index (χ2n) is 5.48. The van der Waals surface area contributed by atoms with Gasteiger partial charge in [0.1, 0.15) is 12.4 Å². The maximum Gasteiger partial charge on any atom is 0.255 e. The lowest BCUT2D eigenvalue weighted by Crippen LogP contribution is -2.50. The second kappa shape index (κ2) is 6.25. The Morgan fingerprint density at radius 3 is 2.95 bits per heavy atom. The van der Waals surface area contributed by atoms with E-state index < -0.39 is 11.4 Å². The van der Waals surface area contributed by atoms with E-state index in [4.69, 9.17) is 9.84 Å². The molecule has 2 rings (SSSR count). The van der Waals surface area contributed by atoms with Gasteiger partial charge in [-0.3, -0.25) is 4.79 Å². The van der Waals surface area contributed by atoms with E-state index in [1.807, 2.05) is 13.8 Å². The Balaban J connectivity index is 2.31. The third-order valence-electron chi connectivity index (χ3n) is 3.23. The van der Waals surface area contributed by atoms with Crippen LogP contribution in [0.15, 0.2) is 18.2 Å². The first-order valence-corrected chi connectivity index (χ1v) is 6.75. The molecule has 1 fully saturated rings. The maximum atomic E-state index is 13.5. The van der Waals surface area contributed by atoms with E-state index in [1.165, 1.54) is 18.2 Å². The first-order valence-electron chi connectivity index (χ1n) is 6.75. The van der Waals surface area contributed by atoms with Crippen LogP contribution in [0.3, 0.4) is 0 Å². The molecule has 0 spiro atoms. The van der Waals surface area contributed by atoms with Crippen molar-refractivity contribution in [2.24, 2.45) is 0 Å². The topological polar surface area (TPSA) is 49.8 Å². The third kappa shape index (κ3) is 3.81. The standard InChI is InChI=1S/C16H18FNO3/c1-16(2)11-18(7-9-21-16)15(20)14-10-13(17)6-5-12(14)4-3-8-19/h5-6,10,19H,7-9,11H2,1-2H3. The molecule has 0 radical (unpaired) electrons. The summed E-state index contributed by atoms with van der Waals surface area (Å²) < 4.78 is 19.0. The predicted octanol–water partition coefficient (Wildman–Crippen LogP) is 1.42. The van der Waals surface area contributed by atoms with Crippen LogP contribution in [0.1, 0.15) is 29.8 Å². The number of carbonyl (C=O) groups is 1. The zero-order chi connectivity index (χ0) is 15.5. The summed E-state index contributed by atoms with van der Waals surface area (Å²) >= 11 is 0. The van der Waals surface area contributed by atoms with Crippen LogP contribution >= 0.6 is 0 Å². The summed E-state index contributed by atoms with van der Waals surface area (Å²) in [5.41, 5.74) is 0.214. The minimum absolute atomic E-state index is 0.216. The summed E-state index contributed by atoms with van der Waals surface area (Å²) in [6.45, 7) is 4.86. The first kappa shape index (κ1) is 15.5. The highest BCUT2D eigenvalue weighted by Gasteiger charge is 2.31. The number of nitrogens with zero attached hydrogens (tertiary/aromatic N) is 1. The summed E-state index contributed by atoms with van der Waals surface area (Å²) in [6, 6.07) is 3.89. The molecule has 1 saturated heterocycles. The largest absolute Gasteiger partial charge is 0.384 e. The number of aliphatic hydroxyl groups is 1. The van der Waals surface area contributed by atoms with E-state index in [9.17, 15) is 9.18 Å². The number of aliphatic hydroxyl groups excluding tert-OH is 1. The van der Waals surface area contributed by atoms with Crippen molar-refractivity contribution in [3.05, 3.63) is 35.1 Å². The molecule has 0 aliphatic carbocycles. The summed E-state index contributed by atoms with van der Waals surface area (Å²) in [6.07, 6.45) is 0. The number of halogens is 1. The average Bonchev–Trinajstić information content (AvgIpc) is 2.44. The molecule has 0 atom stereocenters. The van der Waals surface area contributed by atoms with Gasteiger partial charge in [-0.25, -0.2) is 4.39 Å². The van der Waals surface area contributed by atoms with Crippen LogP contribution < -0.4 is 0 Å². The van der Waals surface area contributed by atoms with Crippen molar-refractivity contribution < 1.29 is 19.0 Å². The Morgan fingerprint density at radius 2 is 2.29 bits per heavy atom. The molecule has 1 aromatic rings. The fourth-order valence-electron chi connectivity index (χ4n) is 2.30. The van der Waals surface area contributed by atoms with E-state index in [0.717, 1.165) is 0 Å². The molecule has 1 aliphatic heterocycles. The van der Waals surface area contributed by atoms with E-state index in [1.54, 1.807) is 4.90 Å². The van der Waals surface area contributed by atoms with Crippen molar-refractivity contribution in [3.63, 3.8) is 0 Å². The number of morpholine rings is 1. The summed E-state index contributed by atoms with van der Waals surface area (Å²) in [5, 5.41) is 8.77. The average molecular weight is 291 g/mol. The first-order chi connectivity index (χ1) is 9.93. The second-order valence-corrected chi connectivity index (χ2v) is 5.48. The summed E-state index contributed by atoms with van der Waals surface area (Å²) in [7, 11) is 0. The van der Waals surface area contributed by atoms with Gasteiger partial charge in [0.05, 0.1) is 17.8 Å². The highest BCUT2D eigenvalue weighted by Crippen LogP contribution is 2.20. The van der Waals surface area contributed by atoms with Crippen molar-refractivity contribution in [2.45, 2.75) is 19.4 Å². The molecule has 1 N–H and O–H groups in total. The molecule has 0 unspecified atom stereocenters. The van der Waals surface area contributed by atoms with Crippen LogP contribution in [0, 0.1) is 17.7 Å². The lowest BCUT2D eigenvalue weighted by atomic mass is 10.0. The van der Waals surface area contributed by atoms with E-state index in [2.05, 4.69) is 11.8 Å². The Kier molecular flexibility index (Phi) is 4.61. The van der Waals surface area contributed by atoms with Gasteiger partial charge in [0, 0.05) is 18.7 Å². The molecule has 112 valence electrons. The van der Waals surface area contributed by atoms with Crippen LogP contribution in [-0.2, 0) is 4.74 Å². The molecule has 4 nitrogen and oxygen atoms in total. The fourth-order valence-corrected chi connectivity index (χ4v) is 2.30. The molecule has 0 saturated carbocycles. The molecule has 0 aromatic heterocycles. The minimum atomic E-state index is -0.486. The SMILES string of the molecule is CC1(C)CN(C(=O)c2cc(F)ccc2C#CCO)CCO1. The molecule has 21 heavy (non-hydrogen) atoms. The molecule has 1 heterocycles. The van der Waals surface area contributed by atoms with Crippen LogP contribution in [0.4, 0.5) is 4.39 Å². The van der Waals surface area contributed by atoms with Crippen molar-refractivity contribution >= 4 is 5.91 Å². The van der Waals surface area contributed by atoms with E-state index >= 15 is 0 Å². The van der Waals surface area contributed by atoms with Crippen LogP contribution in [0.5, 0.6) is 0 Å². The lowest BCUT2D eigenvalue weighted by Gasteiger charge is -2.38. The quantitative estimate of drug-likeness (QED) is 0.796. The monoisotopic (exact) mass is 291 g/mol. The number of hydrogen-bond acceptors (Lipinski definition) is 3. The van der Waals surface area contributed by atoms with Gasteiger partial charge in [-0.05, 0) is 32.0 Å². The molecular weight excluding hydrogens is 273 g/mol. The van der Waals surface area contributed by atoms with Gasteiger partial charge in [0.2, 0.25) is 0 Å².